The molecule has 0 aromatic rings. The van der Waals surface area contributed by atoms with Crippen LogP contribution in [0.2, 0.25) is 0 Å². The lowest BCUT2D eigenvalue weighted by Gasteiger charge is -2.38. The highest BCUT2D eigenvalue weighted by Crippen LogP contribution is 2.37. The molecule has 0 amide bonds. The summed E-state index contributed by atoms with van der Waals surface area (Å²) in [6, 6.07) is 0. The number of ether oxygens (including phenoxy) is 4. The van der Waals surface area contributed by atoms with E-state index in [9.17, 15) is 14.4 Å². The summed E-state index contributed by atoms with van der Waals surface area (Å²) in [6.07, 6.45) is 3.86. The summed E-state index contributed by atoms with van der Waals surface area (Å²) in [7, 11) is 0. The molecule has 7 nitrogen and oxygen atoms in total. The lowest BCUT2D eigenvalue weighted by Crippen LogP contribution is -2.44. The summed E-state index contributed by atoms with van der Waals surface area (Å²) < 4.78 is 20.5. The van der Waals surface area contributed by atoms with Crippen molar-refractivity contribution in [1.82, 2.24) is 0 Å². The third kappa shape index (κ3) is 3.74. The van der Waals surface area contributed by atoms with Crippen LogP contribution in [0.5, 0.6) is 0 Å². The summed E-state index contributed by atoms with van der Waals surface area (Å²) >= 11 is 0. The molecule has 2 aliphatic rings. The van der Waals surface area contributed by atoms with Gasteiger partial charge in [0.15, 0.2) is 5.57 Å². The normalized spacial score (nSPS) is 20.3. The highest BCUT2D eigenvalue weighted by atomic mass is 16.7. The van der Waals surface area contributed by atoms with E-state index < -0.39 is 30.0 Å². The van der Waals surface area contributed by atoms with Gasteiger partial charge in [-0.3, -0.25) is 9.59 Å². The number of hydrogen-bond acceptors (Lipinski definition) is 7. The predicted octanol–water partition coefficient (Wildman–Crippen LogP) is 1.56. The van der Waals surface area contributed by atoms with Gasteiger partial charge in [0, 0.05) is 26.7 Å². The van der Waals surface area contributed by atoms with Crippen LogP contribution in [0.25, 0.3) is 0 Å². The highest BCUT2D eigenvalue weighted by molar-refractivity contribution is 5.90. The van der Waals surface area contributed by atoms with Crippen LogP contribution in [0.3, 0.4) is 0 Å². The topological polar surface area (TPSA) is 88.1 Å². The van der Waals surface area contributed by atoms with Gasteiger partial charge in [-0.1, -0.05) is 6.42 Å². The smallest absolute Gasteiger partial charge is 0.348 e. The Morgan fingerprint density at radius 2 is 1.71 bits per heavy atom. The minimum atomic E-state index is -1.45. The van der Waals surface area contributed by atoms with Crippen molar-refractivity contribution in [3.05, 3.63) is 11.8 Å². The summed E-state index contributed by atoms with van der Waals surface area (Å²) in [5.74, 6) is -3.01. The lowest BCUT2D eigenvalue weighted by molar-refractivity contribution is -0.233. The largest absolute Gasteiger partial charge is 0.459 e. The molecule has 0 unspecified atom stereocenters. The maximum atomic E-state index is 12.1. The van der Waals surface area contributed by atoms with Gasteiger partial charge in [-0.25, -0.2) is 4.79 Å². The van der Waals surface area contributed by atoms with Gasteiger partial charge in [0.2, 0.25) is 0 Å². The Morgan fingerprint density at radius 1 is 1.14 bits per heavy atom. The van der Waals surface area contributed by atoms with Gasteiger partial charge in [-0.15, -0.1) is 0 Å². The van der Waals surface area contributed by atoms with Crippen molar-refractivity contribution in [2.24, 2.45) is 0 Å². The fourth-order valence-corrected chi connectivity index (χ4v) is 2.39. The highest BCUT2D eigenvalue weighted by Gasteiger charge is 2.44. The number of carbonyl (C=O) groups excluding carboxylic acids is 3. The first kappa shape index (κ1) is 15.3. The van der Waals surface area contributed by atoms with Crippen LogP contribution in [-0.2, 0) is 33.3 Å². The molecule has 0 aromatic heterocycles. The second kappa shape index (κ2) is 6.15. The quantitative estimate of drug-likeness (QED) is 0.577. The minimum Gasteiger partial charge on any atom is -0.459 e. The molecule has 21 heavy (non-hydrogen) atoms. The lowest BCUT2D eigenvalue weighted by atomic mass is 9.93. The predicted molar refractivity (Wildman–Crippen MR) is 68.4 cm³/mol. The van der Waals surface area contributed by atoms with Crippen LogP contribution in [0.4, 0.5) is 0 Å². The van der Waals surface area contributed by atoms with Crippen LogP contribution < -0.4 is 0 Å². The Morgan fingerprint density at radius 3 is 2.19 bits per heavy atom. The van der Waals surface area contributed by atoms with Crippen molar-refractivity contribution in [3.63, 3.8) is 0 Å². The van der Waals surface area contributed by atoms with E-state index in [1.807, 2.05) is 0 Å². The fraction of sp³-hybridized carbons (Fsp3) is 0.643. The van der Waals surface area contributed by atoms with Gasteiger partial charge in [-0.2, -0.15) is 0 Å². The fourth-order valence-electron chi connectivity index (χ4n) is 2.39. The van der Waals surface area contributed by atoms with Gasteiger partial charge < -0.3 is 18.9 Å². The molecular weight excluding hydrogens is 280 g/mol. The van der Waals surface area contributed by atoms with E-state index >= 15 is 0 Å². The van der Waals surface area contributed by atoms with Crippen molar-refractivity contribution in [1.29, 1.82) is 0 Å². The molecule has 1 aliphatic carbocycles. The monoisotopic (exact) mass is 298 g/mol. The van der Waals surface area contributed by atoms with E-state index in [4.69, 9.17) is 18.9 Å². The van der Waals surface area contributed by atoms with E-state index in [1.165, 1.54) is 6.26 Å². The molecule has 1 heterocycles. The van der Waals surface area contributed by atoms with Gasteiger partial charge in [0.25, 0.3) is 12.1 Å². The molecule has 2 rings (SSSR count). The molecule has 0 saturated heterocycles. The molecule has 1 fully saturated rings. The molecule has 0 N–H and O–H groups in total. The third-order valence-electron chi connectivity index (χ3n) is 3.33. The average Bonchev–Trinajstić information content (AvgIpc) is 2.37. The standard InChI is InChI=1S/C14H18O7/c1-9(15)19-13(20-10(2)16)11-8-18-14(21-12(11)17)6-4-3-5-7-14/h8,13H,3-7H2,1-2H3. The van der Waals surface area contributed by atoms with Gasteiger partial charge in [-0.05, 0) is 12.8 Å². The molecule has 1 saturated carbocycles. The zero-order chi connectivity index (χ0) is 15.5. The Hall–Kier alpha value is -2.05. The molecule has 1 aliphatic heterocycles. The van der Waals surface area contributed by atoms with E-state index in [-0.39, 0.29) is 5.57 Å². The van der Waals surface area contributed by atoms with E-state index in [0.29, 0.717) is 12.8 Å². The molecule has 7 heteroatoms. The number of rotatable bonds is 3. The second-order valence-corrected chi connectivity index (χ2v) is 5.10. The van der Waals surface area contributed by atoms with Gasteiger partial charge in [0.05, 0.1) is 0 Å². The van der Waals surface area contributed by atoms with Crippen LogP contribution >= 0.6 is 0 Å². The van der Waals surface area contributed by atoms with Crippen molar-refractivity contribution in [2.75, 3.05) is 0 Å². The summed E-state index contributed by atoms with van der Waals surface area (Å²) in [5, 5.41) is 0. The number of carbonyl (C=O) groups is 3. The summed E-state index contributed by atoms with van der Waals surface area (Å²) in [4.78, 5) is 34.2. The second-order valence-electron chi connectivity index (χ2n) is 5.10. The summed E-state index contributed by atoms with van der Waals surface area (Å²) in [5.41, 5.74) is -0.142. The van der Waals surface area contributed by atoms with Crippen LogP contribution in [0, 0.1) is 0 Å². The summed E-state index contributed by atoms with van der Waals surface area (Å²) in [6.45, 7) is 2.30. The first-order valence-corrected chi connectivity index (χ1v) is 6.87. The Labute approximate surface area is 122 Å². The third-order valence-corrected chi connectivity index (χ3v) is 3.33. The van der Waals surface area contributed by atoms with E-state index in [1.54, 1.807) is 0 Å². The Kier molecular flexibility index (Phi) is 4.50. The van der Waals surface area contributed by atoms with Crippen LogP contribution in [0.15, 0.2) is 11.8 Å². The van der Waals surface area contributed by atoms with Gasteiger partial charge >= 0.3 is 17.9 Å². The molecule has 0 aromatic carbocycles. The van der Waals surface area contributed by atoms with E-state index in [2.05, 4.69) is 0 Å². The van der Waals surface area contributed by atoms with E-state index in [0.717, 1.165) is 33.1 Å². The SMILES string of the molecule is CC(=O)OC(OC(C)=O)C1=COC2(CCCCC2)OC1=O. The first-order chi connectivity index (χ1) is 9.92. The number of esters is 3. The van der Waals surface area contributed by atoms with Crippen molar-refractivity contribution >= 4 is 17.9 Å². The van der Waals surface area contributed by atoms with Crippen LogP contribution in [-0.4, -0.2) is 30.0 Å². The minimum absolute atomic E-state index is 0.142. The van der Waals surface area contributed by atoms with Crippen LogP contribution in [0.1, 0.15) is 46.0 Å². The molecule has 0 radical (unpaired) electrons. The Balaban J connectivity index is 2.15. The molecule has 0 bridgehead atoms. The van der Waals surface area contributed by atoms with Crippen molar-refractivity contribution in [3.8, 4) is 0 Å². The zero-order valence-corrected chi connectivity index (χ0v) is 12.0. The molecule has 1 spiro atoms. The molecule has 0 atom stereocenters. The van der Waals surface area contributed by atoms with Gasteiger partial charge in [0.1, 0.15) is 6.26 Å². The maximum Gasteiger partial charge on any atom is 0.348 e. The molecule has 116 valence electrons. The molecular formula is C14H18O7. The first-order valence-electron chi connectivity index (χ1n) is 6.87. The van der Waals surface area contributed by atoms with Crippen molar-refractivity contribution in [2.45, 2.75) is 58.0 Å². The maximum absolute atomic E-state index is 12.1. The zero-order valence-electron chi connectivity index (χ0n) is 12.0. The number of hydrogen-bond donors (Lipinski definition) is 0. The average molecular weight is 298 g/mol. The Bertz CT molecular complexity index is 458. The van der Waals surface area contributed by atoms with Crippen molar-refractivity contribution < 1.29 is 33.3 Å².